The number of hydrogen-bond acceptors (Lipinski definition) is 3. The Morgan fingerprint density at radius 2 is 2.23 bits per heavy atom. The zero-order valence-electron chi connectivity index (χ0n) is 11.7. The van der Waals surface area contributed by atoms with Crippen LogP contribution in [0.1, 0.15) is 16.2 Å². The Labute approximate surface area is 130 Å². The summed E-state index contributed by atoms with van der Waals surface area (Å²) in [6.45, 7) is 0.229. The fraction of sp³-hybridized carbons (Fsp3) is 0.133. The number of H-pyrrole nitrogens is 1. The Morgan fingerprint density at radius 1 is 1.41 bits per heavy atom. The zero-order valence-corrected chi connectivity index (χ0v) is 12.4. The number of nitrogens with one attached hydrogen (secondary N) is 1. The van der Waals surface area contributed by atoms with Crippen molar-refractivity contribution in [2.45, 2.75) is 6.54 Å². The molecule has 0 aliphatic rings. The Hall–Kier alpha value is -2.47. The highest BCUT2D eigenvalue weighted by Gasteiger charge is 2.17. The lowest BCUT2D eigenvalue weighted by atomic mass is 10.2. The van der Waals surface area contributed by atoms with E-state index >= 15 is 0 Å². The van der Waals surface area contributed by atoms with Crippen LogP contribution in [0.4, 0.5) is 4.39 Å². The Bertz CT molecular complexity index is 848. The van der Waals surface area contributed by atoms with Gasteiger partial charge in [-0.3, -0.25) is 9.78 Å². The average Bonchev–Trinajstić information content (AvgIpc) is 2.88. The number of pyridine rings is 1. The van der Waals surface area contributed by atoms with Crippen molar-refractivity contribution in [1.29, 1.82) is 0 Å². The maximum atomic E-state index is 13.6. The molecule has 0 aliphatic carbocycles. The number of fused-ring (bicyclic) bond motifs is 1. The molecule has 0 saturated carbocycles. The van der Waals surface area contributed by atoms with Crippen LogP contribution >= 0.6 is 11.6 Å². The first-order valence-corrected chi connectivity index (χ1v) is 6.91. The smallest absolute Gasteiger partial charge is 0.257 e. The molecule has 0 unspecified atom stereocenters. The van der Waals surface area contributed by atoms with Gasteiger partial charge in [0.1, 0.15) is 5.82 Å². The molecule has 0 aliphatic heterocycles. The summed E-state index contributed by atoms with van der Waals surface area (Å²) in [6.07, 6.45) is 2.40. The maximum absolute atomic E-state index is 13.6. The topological polar surface area (TPSA) is 61.9 Å². The second-order valence-corrected chi connectivity index (χ2v) is 5.30. The molecule has 0 atom stereocenters. The van der Waals surface area contributed by atoms with E-state index in [2.05, 4.69) is 15.0 Å². The Kier molecular flexibility index (Phi) is 3.77. The summed E-state index contributed by atoms with van der Waals surface area (Å²) < 4.78 is 13.6. The van der Waals surface area contributed by atoms with Gasteiger partial charge >= 0.3 is 0 Å². The summed E-state index contributed by atoms with van der Waals surface area (Å²) in [5.41, 5.74) is 1.53. The molecule has 0 spiro atoms. The molecule has 1 aromatic carbocycles. The van der Waals surface area contributed by atoms with Gasteiger partial charge < -0.3 is 9.88 Å². The number of carbonyl (C=O) groups is 1. The highest BCUT2D eigenvalue weighted by atomic mass is 35.5. The highest BCUT2D eigenvalue weighted by Crippen LogP contribution is 2.18. The summed E-state index contributed by atoms with van der Waals surface area (Å²) in [7, 11) is 1.59. The van der Waals surface area contributed by atoms with Gasteiger partial charge in [-0.2, -0.15) is 0 Å². The lowest BCUT2D eigenvalue weighted by Crippen LogP contribution is -2.27. The van der Waals surface area contributed by atoms with E-state index in [0.29, 0.717) is 10.8 Å². The largest absolute Gasteiger partial charge is 0.340 e. The van der Waals surface area contributed by atoms with E-state index < -0.39 is 11.7 Å². The molecule has 112 valence electrons. The molecule has 2 aromatic heterocycles. The monoisotopic (exact) mass is 318 g/mol. The predicted octanol–water partition coefficient (Wildman–Crippen LogP) is 3.02. The van der Waals surface area contributed by atoms with Crippen LogP contribution in [0.3, 0.4) is 0 Å². The predicted molar refractivity (Wildman–Crippen MR) is 81.1 cm³/mol. The number of nitrogens with zero attached hydrogens (tertiary/aromatic N) is 3. The van der Waals surface area contributed by atoms with E-state index in [9.17, 15) is 9.18 Å². The maximum Gasteiger partial charge on any atom is 0.257 e. The number of halogens is 2. The van der Waals surface area contributed by atoms with Crippen LogP contribution in [-0.4, -0.2) is 32.8 Å². The normalized spacial score (nSPS) is 10.9. The van der Waals surface area contributed by atoms with E-state index in [4.69, 9.17) is 11.6 Å². The lowest BCUT2D eigenvalue weighted by molar-refractivity contribution is 0.0777. The molecule has 0 fully saturated rings. The third-order valence-electron chi connectivity index (χ3n) is 3.23. The van der Waals surface area contributed by atoms with E-state index in [-0.39, 0.29) is 12.1 Å². The zero-order chi connectivity index (χ0) is 15.7. The molecule has 1 amide bonds. The van der Waals surface area contributed by atoms with Gasteiger partial charge in [-0.1, -0.05) is 11.6 Å². The quantitative estimate of drug-likeness (QED) is 0.807. The van der Waals surface area contributed by atoms with Crippen molar-refractivity contribution in [3.8, 4) is 0 Å². The third-order valence-corrected chi connectivity index (χ3v) is 3.46. The summed E-state index contributed by atoms with van der Waals surface area (Å²) >= 11 is 5.92. The van der Waals surface area contributed by atoms with Crippen molar-refractivity contribution >= 4 is 28.5 Å². The number of hydrogen-bond donors (Lipinski definition) is 1. The molecule has 2 heterocycles. The molecule has 22 heavy (non-hydrogen) atoms. The second-order valence-electron chi connectivity index (χ2n) is 4.86. The molecule has 0 bridgehead atoms. The SMILES string of the molecule is CN(Cc1nc2ccc(Cl)cc2[nH]1)C(=O)c1ccncc1F. The number of carbonyl (C=O) groups excluding carboxylic acids is 1. The number of rotatable bonds is 3. The van der Waals surface area contributed by atoms with Gasteiger partial charge in [0.15, 0.2) is 5.82 Å². The van der Waals surface area contributed by atoms with Crippen molar-refractivity contribution in [3.63, 3.8) is 0 Å². The summed E-state index contributed by atoms with van der Waals surface area (Å²) in [5, 5.41) is 0.603. The van der Waals surface area contributed by atoms with E-state index in [1.165, 1.54) is 17.2 Å². The van der Waals surface area contributed by atoms with Crippen LogP contribution < -0.4 is 0 Å². The summed E-state index contributed by atoms with van der Waals surface area (Å²) in [4.78, 5) is 24.7. The van der Waals surface area contributed by atoms with Gasteiger partial charge in [0.05, 0.1) is 29.3 Å². The number of aromatic amines is 1. The van der Waals surface area contributed by atoms with Crippen LogP contribution in [0.15, 0.2) is 36.7 Å². The first-order chi connectivity index (χ1) is 10.5. The Morgan fingerprint density at radius 3 is 3.00 bits per heavy atom. The minimum absolute atomic E-state index is 0.0170. The Balaban J connectivity index is 1.82. The van der Waals surface area contributed by atoms with Crippen LogP contribution in [0.25, 0.3) is 11.0 Å². The number of imidazole rings is 1. The average molecular weight is 319 g/mol. The van der Waals surface area contributed by atoms with Gasteiger partial charge in [0.25, 0.3) is 5.91 Å². The van der Waals surface area contributed by atoms with E-state index in [1.807, 2.05) is 0 Å². The fourth-order valence-electron chi connectivity index (χ4n) is 2.16. The van der Waals surface area contributed by atoms with Crippen LogP contribution in [0, 0.1) is 5.82 Å². The first-order valence-electron chi connectivity index (χ1n) is 6.54. The first kappa shape index (κ1) is 14.5. The minimum Gasteiger partial charge on any atom is -0.340 e. The van der Waals surface area contributed by atoms with Crippen LogP contribution in [0.5, 0.6) is 0 Å². The van der Waals surface area contributed by atoms with Crippen LogP contribution in [0.2, 0.25) is 5.02 Å². The standard InChI is InChI=1S/C15H12ClFN4O/c1-21(15(22)10-4-5-18-7-11(10)17)8-14-19-12-3-2-9(16)6-13(12)20-14/h2-7H,8H2,1H3,(H,19,20). The molecular weight excluding hydrogens is 307 g/mol. The number of aromatic nitrogens is 3. The molecule has 5 nitrogen and oxygen atoms in total. The van der Waals surface area contributed by atoms with Gasteiger partial charge in [-0.15, -0.1) is 0 Å². The lowest BCUT2D eigenvalue weighted by Gasteiger charge is -2.15. The summed E-state index contributed by atoms with van der Waals surface area (Å²) in [5.74, 6) is -0.475. The highest BCUT2D eigenvalue weighted by molar-refractivity contribution is 6.31. The second kappa shape index (κ2) is 5.73. The van der Waals surface area contributed by atoms with Gasteiger partial charge in [-0.05, 0) is 24.3 Å². The van der Waals surface area contributed by atoms with Gasteiger partial charge in [-0.25, -0.2) is 9.37 Å². The van der Waals surface area contributed by atoms with Gasteiger partial charge in [0, 0.05) is 18.3 Å². The van der Waals surface area contributed by atoms with Crippen molar-refractivity contribution in [1.82, 2.24) is 19.9 Å². The molecule has 0 saturated heterocycles. The van der Waals surface area contributed by atoms with Crippen molar-refractivity contribution < 1.29 is 9.18 Å². The number of benzene rings is 1. The third kappa shape index (κ3) is 2.78. The van der Waals surface area contributed by atoms with Crippen molar-refractivity contribution in [2.24, 2.45) is 0 Å². The molecule has 3 rings (SSSR count). The fourth-order valence-corrected chi connectivity index (χ4v) is 2.33. The van der Waals surface area contributed by atoms with Gasteiger partial charge in [0.2, 0.25) is 0 Å². The molecule has 0 radical (unpaired) electrons. The molecular formula is C15H12ClFN4O. The van der Waals surface area contributed by atoms with E-state index in [0.717, 1.165) is 17.2 Å². The van der Waals surface area contributed by atoms with Crippen LogP contribution in [-0.2, 0) is 6.54 Å². The molecule has 3 aromatic rings. The van der Waals surface area contributed by atoms with Crippen molar-refractivity contribution in [2.75, 3.05) is 7.05 Å². The van der Waals surface area contributed by atoms with Crippen molar-refractivity contribution in [3.05, 3.63) is 58.9 Å². The minimum atomic E-state index is -0.643. The molecule has 1 N–H and O–H groups in total. The molecule has 7 heteroatoms. The number of amides is 1. The van der Waals surface area contributed by atoms with E-state index in [1.54, 1.807) is 25.2 Å². The summed E-state index contributed by atoms with van der Waals surface area (Å²) in [6, 6.07) is 6.65.